The zero-order valence-electron chi connectivity index (χ0n) is 11.5. The number of amides is 1. The van der Waals surface area contributed by atoms with Crippen LogP contribution in [0.5, 0.6) is 0 Å². The first-order valence-corrected chi connectivity index (χ1v) is 7.13. The third-order valence-corrected chi connectivity index (χ3v) is 3.57. The Labute approximate surface area is 140 Å². The van der Waals surface area contributed by atoms with Crippen LogP contribution in [0.2, 0.25) is 10.0 Å². The van der Waals surface area contributed by atoms with Gasteiger partial charge in [-0.15, -0.1) is 0 Å². The summed E-state index contributed by atoms with van der Waals surface area (Å²) >= 11 is 11.6. The molecule has 0 unspecified atom stereocenters. The zero-order valence-corrected chi connectivity index (χ0v) is 13.0. The van der Waals surface area contributed by atoms with Crippen LogP contribution < -0.4 is 5.32 Å². The topological polar surface area (TPSA) is 29.1 Å². The molecule has 0 saturated carbocycles. The molecule has 2 aromatic carbocycles. The minimum absolute atomic E-state index is 0.0589. The Kier molecular flexibility index (Phi) is 5.34. The highest BCUT2D eigenvalue weighted by atomic mass is 35.5. The summed E-state index contributed by atoms with van der Waals surface area (Å²) in [4.78, 5) is 11.8. The van der Waals surface area contributed by atoms with E-state index in [1.807, 2.05) is 0 Å². The van der Waals surface area contributed by atoms with E-state index in [1.54, 1.807) is 18.2 Å². The number of carbonyl (C=O) groups is 1. The Bertz CT molecular complexity index is 757. The quantitative estimate of drug-likeness (QED) is 0.703. The number of halogens is 5. The smallest absolute Gasteiger partial charge is 0.322 e. The first kappa shape index (κ1) is 17.4. The third-order valence-electron chi connectivity index (χ3n) is 2.83. The Morgan fingerprint density at radius 2 is 1.78 bits per heavy atom. The Balaban J connectivity index is 2.07. The summed E-state index contributed by atoms with van der Waals surface area (Å²) in [6.45, 7) is 0. The van der Waals surface area contributed by atoms with Gasteiger partial charge in [0.05, 0.1) is 15.6 Å². The van der Waals surface area contributed by atoms with E-state index >= 15 is 0 Å². The Hall–Kier alpha value is -1.98. The fourth-order valence-corrected chi connectivity index (χ4v) is 2.05. The summed E-state index contributed by atoms with van der Waals surface area (Å²) in [5, 5.41) is 3.09. The first-order chi connectivity index (χ1) is 10.8. The van der Waals surface area contributed by atoms with Crippen LogP contribution in [0.15, 0.2) is 48.5 Å². The van der Waals surface area contributed by atoms with E-state index in [-0.39, 0.29) is 5.69 Å². The zero-order chi connectivity index (χ0) is 17.0. The van der Waals surface area contributed by atoms with E-state index in [0.29, 0.717) is 15.6 Å². The molecule has 0 radical (unpaired) electrons. The molecule has 2 nitrogen and oxygen atoms in total. The van der Waals surface area contributed by atoms with Crippen molar-refractivity contribution in [1.82, 2.24) is 0 Å². The lowest BCUT2D eigenvalue weighted by Crippen LogP contribution is -2.10. The second-order valence-corrected chi connectivity index (χ2v) is 5.39. The van der Waals surface area contributed by atoms with Crippen molar-refractivity contribution in [1.29, 1.82) is 0 Å². The number of carbonyl (C=O) groups excluding carboxylic acids is 1. The van der Waals surface area contributed by atoms with Crippen LogP contribution >= 0.6 is 23.2 Å². The predicted molar refractivity (Wildman–Crippen MR) is 85.6 cm³/mol. The van der Waals surface area contributed by atoms with E-state index in [2.05, 4.69) is 5.32 Å². The van der Waals surface area contributed by atoms with Crippen molar-refractivity contribution >= 4 is 40.9 Å². The first-order valence-electron chi connectivity index (χ1n) is 6.37. The van der Waals surface area contributed by atoms with E-state index in [0.717, 1.165) is 12.1 Å². The highest BCUT2D eigenvalue weighted by Crippen LogP contribution is 2.30. The maximum Gasteiger partial charge on any atom is 0.416 e. The van der Waals surface area contributed by atoms with Gasteiger partial charge in [-0.2, -0.15) is 13.2 Å². The lowest BCUT2D eigenvalue weighted by molar-refractivity contribution is -0.137. The summed E-state index contributed by atoms with van der Waals surface area (Å²) in [5.41, 5.74) is -0.133. The summed E-state index contributed by atoms with van der Waals surface area (Å²) < 4.78 is 37.8. The SMILES string of the molecule is O=C(/C=C/c1ccc(Cl)c(Cl)c1)Nc1cccc(C(F)(F)F)c1. The molecule has 0 heterocycles. The molecule has 0 bridgehead atoms. The number of hydrogen-bond donors (Lipinski definition) is 1. The lowest BCUT2D eigenvalue weighted by Gasteiger charge is -2.08. The van der Waals surface area contributed by atoms with Gasteiger partial charge in [-0.25, -0.2) is 0 Å². The van der Waals surface area contributed by atoms with Crippen LogP contribution in [0.3, 0.4) is 0 Å². The molecule has 0 aliphatic heterocycles. The van der Waals surface area contributed by atoms with Gasteiger partial charge >= 0.3 is 6.18 Å². The summed E-state index contributed by atoms with van der Waals surface area (Å²) in [6.07, 6.45) is -1.79. The Morgan fingerprint density at radius 3 is 2.43 bits per heavy atom. The highest BCUT2D eigenvalue weighted by Gasteiger charge is 2.30. The van der Waals surface area contributed by atoms with E-state index in [9.17, 15) is 18.0 Å². The number of rotatable bonds is 3. The predicted octanol–water partition coefficient (Wildman–Crippen LogP) is 5.66. The number of benzene rings is 2. The van der Waals surface area contributed by atoms with Gasteiger partial charge in [0.1, 0.15) is 0 Å². The molecule has 1 amide bonds. The summed E-state index contributed by atoms with van der Waals surface area (Å²) in [7, 11) is 0. The molecule has 2 aromatic rings. The third kappa shape index (κ3) is 5.01. The van der Waals surface area contributed by atoms with Crippen LogP contribution in [0.4, 0.5) is 18.9 Å². The molecule has 23 heavy (non-hydrogen) atoms. The van der Waals surface area contributed by atoms with Crippen molar-refractivity contribution in [2.45, 2.75) is 6.18 Å². The van der Waals surface area contributed by atoms with Crippen molar-refractivity contribution in [2.24, 2.45) is 0 Å². The van der Waals surface area contributed by atoms with Gasteiger partial charge in [-0.1, -0.05) is 35.3 Å². The summed E-state index contributed by atoms with van der Waals surface area (Å²) in [6, 6.07) is 9.20. The number of alkyl halides is 3. The van der Waals surface area contributed by atoms with Crippen LogP contribution in [0, 0.1) is 0 Å². The maximum absolute atomic E-state index is 12.6. The van der Waals surface area contributed by atoms with Crippen molar-refractivity contribution in [3.8, 4) is 0 Å². The lowest BCUT2D eigenvalue weighted by atomic mass is 10.2. The van der Waals surface area contributed by atoms with Crippen molar-refractivity contribution < 1.29 is 18.0 Å². The second-order valence-electron chi connectivity index (χ2n) is 4.57. The van der Waals surface area contributed by atoms with Gasteiger partial charge < -0.3 is 5.32 Å². The molecule has 7 heteroatoms. The molecule has 1 N–H and O–H groups in total. The largest absolute Gasteiger partial charge is 0.416 e. The van der Waals surface area contributed by atoms with Crippen LogP contribution in [0.1, 0.15) is 11.1 Å². The maximum atomic E-state index is 12.6. The fraction of sp³-hybridized carbons (Fsp3) is 0.0625. The molecule has 0 aliphatic rings. The molecule has 0 atom stereocenters. The minimum atomic E-state index is -4.46. The molecule has 0 fully saturated rings. The highest BCUT2D eigenvalue weighted by molar-refractivity contribution is 6.42. The number of anilines is 1. The molecular formula is C16H10Cl2F3NO. The molecular weight excluding hydrogens is 350 g/mol. The normalized spacial score (nSPS) is 11.7. The number of hydrogen-bond acceptors (Lipinski definition) is 1. The average molecular weight is 360 g/mol. The van der Waals surface area contributed by atoms with Gasteiger partial charge in [0.2, 0.25) is 5.91 Å². The van der Waals surface area contributed by atoms with Crippen molar-refractivity contribution in [3.05, 3.63) is 69.7 Å². The Morgan fingerprint density at radius 1 is 1.04 bits per heavy atom. The van der Waals surface area contributed by atoms with Crippen molar-refractivity contribution in [3.63, 3.8) is 0 Å². The molecule has 0 saturated heterocycles. The molecule has 2 rings (SSSR count). The standard InChI is InChI=1S/C16H10Cl2F3NO/c17-13-6-4-10(8-14(13)18)5-7-15(23)22-12-3-1-2-11(9-12)16(19,20)21/h1-9H,(H,22,23)/b7-5+. The van der Waals surface area contributed by atoms with Gasteiger partial charge in [0, 0.05) is 11.8 Å². The van der Waals surface area contributed by atoms with Crippen LogP contribution in [0.25, 0.3) is 6.08 Å². The molecule has 0 spiro atoms. The fourth-order valence-electron chi connectivity index (χ4n) is 1.75. The molecule has 120 valence electrons. The van der Waals surface area contributed by atoms with E-state index in [4.69, 9.17) is 23.2 Å². The second kappa shape index (κ2) is 7.06. The van der Waals surface area contributed by atoms with Crippen LogP contribution in [-0.2, 0) is 11.0 Å². The average Bonchev–Trinajstić information content (AvgIpc) is 2.48. The van der Waals surface area contributed by atoms with Gasteiger partial charge in [-0.3, -0.25) is 4.79 Å². The molecule has 0 aromatic heterocycles. The summed E-state index contributed by atoms with van der Waals surface area (Å²) in [5.74, 6) is -0.560. The minimum Gasteiger partial charge on any atom is -0.322 e. The van der Waals surface area contributed by atoms with Gasteiger partial charge in [-0.05, 0) is 42.0 Å². The van der Waals surface area contributed by atoms with Gasteiger partial charge in [0.15, 0.2) is 0 Å². The monoisotopic (exact) mass is 359 g/mol. The van der Waals surface area contributed by atoms with E-state index < -0.39 is 17.6 Å². The van der Waals surface area contributed by atoms with Crippen LogP contribution in [-0.4, -0.2) is 5.91 Å². The van der Waals surface area contributed by atoms with Crippen molar-refractivity contribution in [2.75, 3.05) is 5.32 Å². The number of nitrogens with one attached hydrogen (secondary N) is 1. The molecule has 0 aliphatic carbocycles. The van der Waals surface area contributed by atoms with E-state index in [1.165, 1.54) is 24.3 Å². The van der Waals surface area contributed by atoms with Gasteiger partial charge in [0.25, 0.3) is 0 Å².